The Kier molecular flexibility index (Phi) is 5.36. The first-order valence-electron chi connectivity index (χ1n) is 8.90. The van der Waals surface area contributed by atoms with Gasteiger partial charge in [0.05, 0.1) is 11.2 Å². The minimum absolute atomic E-state index is 0.147. The van der Waals surface area contributed by atoms with E-state index >= 15 is 0 Å². The Hall–Kier alpha value is -3.84. The van der Waals surface area contributed by atoms with Crippen molar-refractivity contribution in [2.45, 2.75) is 0 Å². The van der Waals surface area contributed by atoms with Crippen LogP contribution in [0.4, 0.5) is 0 Å². The fourth-order valence-electron chi connectivity index (χ4n) is 2.98. The number of carbonyl (C=O) groups excluding carboxylic acids is 1. The zero-order valence-electron chi connectivity index (χ0n) is 15.5. The first-order valence-corrected chi connectivity index (χ1v) is 9.28. The highest BCUT2D eigenvalue weighted by molar-refractivity contribution is 6.32. The topological polar surface area (TPSA) is 101 Å². The number of hydrazone groups is 1. The monoisotopic (exact) mass is 422 g/mol. The Morgan fingerprint density at radius 2 is 1.93 bits per heavy atom. The molecule has 30 heavy (non-hydrogen) atoms. The van der Waals surface area contributed by atoms with E-state index in [1.54, 1.807) is 18.2 Å². The number of nitrogens with one attached hydrogen (secondary N) is 1. The number of amides is 1. The molecule has 1 aromatic heterocycles. The van der Waals surface area contributed by atoms with Crippen LogP contribution in [0.1, 0.15) is 16.1 Å². The van der Waals surface area contributed by atoms with Crippen molar-refractivity contribution >= 4 is 51.4 Å². The van der Waals surface area contributed by atoms with Crippen LogP contribution >= 0.6 is 11.6 Å². The van der Waals surface area contributed by atoms with Gasteiger partial charge in [-0.2, -0.15) is 5.10 Å². The first kappa shape index (κ1) is 19.5. The van der Waals surface area contributed by atoms with Gasteiger partial charge in [0.15, 0.2) is 12.4 Å². The van der Waals surface area contributed by atoms with E-state index in [-0.39, 0.29) is 16.5 Å². The lowest BCUT2D eigenvalue weighted by Crippen LogP contribution is -2.16. The van der Waals surface area contributed by atoms with Crippen molar-refractivity contribution in [2.24, 2.45) is 5.10 Å². The van der Waals surface area contributed by atoms with E-state index in [1.165, 1.54) is 12.3 Å². The van der Waals surface area contributed by atoms with Crippen LogP contribution in [-0.4, -0.2) is 29.8 Å². The maximum Gasteiger partial charge on any atom is 0.341 e. The molecule has 0 spiro atoms. The summed E-state index contributed by atoms with van der Waals surface area (Å²) < 4.78 is 10.7. The second-order valence-electron chi connectivity index (χ2n) is 6.38. The summed E-state index contributed by atoms with van der Waals surface area (Å²) in [4.78, 5) is 22.9. The summed E-state index contributed by atoms with van der Waals surface area (Å²) in [5.41, 5.74) is 3.63. The number of rotatable bonds is 6. The SMILES string of the molecule is O=C(O)COc1ccc(/C=N/NC(=O)c2cc3c(ccc4ccccc43)o2)cc1Cl. The van der Waals surface area contributed by atoms with E-state index in [4.69, 9.17) is 25.9 Å². The van der Waals surface area contributed by atoms with Crippen LogP contribution in [-0.2, 0) is 4.79 Å². The summed E-state index contributed by atoms with van der Waals surface area (Å²) in [6, 6.07) is 18.0. The van der Waals surface area contributed by atoms with Crippen molar-refractivity contribution in [3.05, 3.63) is 77.0 Å². The molecule has 0 aliphatic carbocycles. The third-order valence-corrected chi connectivity index (χ3v) is 4.63. The van der Waals surface area contributed by atoms with Crippen molar-refractivity contribution in [3.63, 3.8) is 0 Å². The lowest BCUT2D eigenvalue weighted by molar-refractivity contribution is -0.139. The number of ether oxygens (including phenoxy) is 1. The summed E-state index contributed by atoms with van der Waals surface area (Å²) in [5.74, 6) is -1.19. The Balaban J connectivity index is 1.47. The lowest BCUT2D eigenvalue weighted by atomic mass is 10.1. The molecule has 150 valence electrons. The van der Waals surface area contributed by atoms with Gasteiger partial charge in [-0.25, -0.2) is 10.2 Å². The molecule has 0 atom stereocenters. The summed E-state index contributed by atoms with van der Waals surface area (Å²) >= 11 is 6.06. The molecule has 4 rings (SSSR count). The summed E-state index contributed by atoms with van der Waals surface area (Å²) in [5, 5.41) is 15.7. The lowest BCUT2D eigenvalue weighted by Gasteiger charge is -2.05. The molecule has 3 aromatic carbocycles. The Labute approximate surface area is 175 Å². The number of aliphatic carboxylic acids is 1. The minimum Gasteiger partial charge on any atom is -0.480 e. The molecule has 7 nitrogen and oxygen atoms in total. The number of carbonyl (C=O) groups is 2. The quantitative estimate of drug-likeness (QED) is 0.352. The average molecular weight is 423 g/mol. The molecule has 0 fully saturated rings. The van der Waals surface area contributed by atoms with Crippen LogP contribution in [0, 0.1) is 0 Å². The highest BCUT2D eigenvalue weighted by Crippen LogP contribution is 2.28. The van der Waals surface area contributed by atoms with Gasteiger partial charge in [0.2, 0.25) is 0 Å². The van der Waals surface area contributed by atoms with Crippen LogP contribution in [0.2, 0.25) is 5.02 Å². The predicted molar refractivity (Wildman–Crippen MR) is 113 cm³/mol. The van der Waals surface area contributed by atoms with E-state index in [0.29, 0.717) is 11.1 Å². The third kappa shape index (κ3) is 4.11. The Bertz CT molecular complexity index is 1300. The number of hydrogen-bond acceptors (Lipinski definition) is 5. The van der Waals surface area contributed by atoms with Crippen molar-refractivity contribution in [3.8, 4) is 5.75 Å². The van der Waals surface area contributed by atoms with Gasteiger partial charge >= 0.3 is 11.9 Å². The fraction of sp³-hybridized carbons (Fsp3) is 0.0455. The van der Waals surface area contributed by atoms with E-state index in [0.717, 1.165) is 16.2 Å². The number of hydrogen-bond donors (Lipinski definition) is 2. The molecule has 1 heterocycles. The second kappa shape index (κ2) is 8.26. The summed E-state index contributed by atoms with van der Waals surface area (Å²) in [6.07, 6.45) is 1.41. The molecule has 0 aliphatic rings. The number of benzene rings is 3. The highest BCUT2D eigenvalue weighted by Gasteiger charge is 2.13. The minimum atomic E-state index is -1.10. The highest BCUT2D eigenvalue weighted by atomic mass is 35.5. The van der Waals surface area contributed by atoms with Crippen LogP contribution in [0.3, 0.4) is 0 Å². The number of carboxylic acids is 1. The normalized spacial score (nSPS) is 11.2. The largest absolute Gasteiger partial charge is 0.480 e. The molecule has 1 amide bonds. The molecular formula is C22H15ClN2O5. The van der Waals surface area contributed by atoms with E-state index < -0.39 is 18.5 Å². The average Bonchev–Trinajstić information content (AvgIpc) is 3.18. The number of furan rings is 1. The van der Waals surface area contributed by atoms with Gasteiger partial charge in [-0.15, -0.1) is 0 Å². The Morgan fingerprint density at radius 1 is 1.10 bits per heavy atom. The van der Waals surface area contributed by atoms with Gasteiger partial charge in [-0.3, -0.25) is 4.79 Å². The van der Waals surface area contributed by atoms with Crippen molar-refractivity contribution in [1.29, 1.82) is 0 Å². The van der Waals surface area contributed by atoms with Gasteiger partial charge < -0.3 is 14.3 Å². The third-order valence-electron chi connectivity index (χ3n) is 4.34. The molecular weight excluding hydrogens is 408 g/mol. The van der Waals surface area contributed by atoms with Gasteiger partial charge in [-0.1, -0.05) is 41.9 Å². The van der Waals surface area contributed by atoms with Crippen molar-refractivity contribution in [2.75, 3.05) is 6.61 Å². The van der Waals surface area contributed by atoms with Gasteiger partial charge in [-0.05, 0) is 46.7 Å². The molecule has 8 heteroatoms. The molecule has 0 bridgehead atoms. The van der Waals surface area contributed by atoms with Crippen LogP contribution in [0.15, 0.2) is 70.2 Å². The van der Waals surface area contributed by atoms with Crippen molar-refractivity contribution in [1.82, 2.24) is 5.43 Å². The van der Waals surface area contributed by atoms with Crippen molar-refractivity contribution < 1.29 is 23.8 Å². The Morgan fingerprint density at radius 3 is 2.73 bits per heavy atom. The van der Waals surface area contributed by atoms with Gasteiger partial charge in [0, 0.05) is 5.39 Å². The maximum atomic E-state index is 12.4. The van der Waals surface area contributed by atoms with Crippen LogP contribution in [0.5, 0.6) is 5.75 Å². The van der Waals surface area contributed by atoms with E-state index in [2.05, 4.69) is 10.5 Å². The zero-order valence-corrected chi connectivity index (χ0v) is 16.2. The van der Waals surface area contributed by atoms with Crippen LogP contribution in [0.25, 0.3) is 21.7 Å². The molecule has 4 aromatic rings. The molecule has 0 unspecified atom stereocenters. The molecule has 2 N–H and O–H groups in total. The number of fused-ring (bicyclic) bond motifs is 3. The number of nitrogens with zero attached hydrogens (tertiary/aromatic N) is 1. The first-order chi connectivity index (χ1) is 14.5. The van der Waals surface area contributed by atoms with E-state index in [1.807, 2.05) is 36.4 Å². The second-order valence-corrected chi connectivity index (χ2v) is 6.79. The van der Waals surface area contributed by atoms with E-state index in [9.17, 15) is 9.59 Å². The van der Waals surface area contributed by atoms with Gasteiger partial charge in [0.25, 0.3) is 0 Å². The van der Waals surface area contributed by atoms with Gasteiger partial charge in [0.1, 0.15) is 11.3 Å². The number of halogens is 1. The predicted octanol–water partition coefficient (Wildman–Crippen LogP) is 4.47. The molecule has 0 saturated heterocycles. The van der Waals surface area contributed by atoms with Crippen LogP contribution < -0.4 is 10.2 Å². The fourth-order valence-corrected chi connectivity index (χ4v) is 3.22. The molecule has 0 saturated carbocycles. The maximum absolute atomic E-state index is 12.4. The standard InChI is InChI=1S/C22H15ClN2O5/c23-17-9-13(5-7-19(17)29-12-21(26)27)11-24-25-22(28)20-10-16-15-4-2-1-3-14(15)6-8-18(16)30-20/h1-11H,12H2,(H,25,28)(H,26,27)/b24-11+. The summed E-state index contributed by atoms with van der Waals surface area (Å²) in [6.45, 7) is -0.490. The smallest absolute Gasteiger partial charge is 0.341 e. The number of carboxylic acid groups (broad SMARTS) is 1. The zero-order chi connectivity index (χ0) is 21.1. The summed E-state index contributed by atoms with van der Waals surface area (Å²) in [7, 11) is 0. The molecule has 0 aliphatic heterocycles. The molecule has 0 radical (unpaired) electrons.